The van der Waals surface area contributed by atoms with E-state index < -0.39 is 78.4 Å². The third-order valence-corrected chi connectivity index (χ3v) is 4.27. The Balaban J connectivity index is 5.51. The number of aliphatic carboxylic acids is 1. The van der Waals surface area contributed by atoms with Gasteiger partial charge in [0.1, 0.15) is 18.1 Å². The normalized spacial score (nSPS) is 14.2. The van der Waals surface area contributed by atoms with Crippen molar-refractivity contribution in [1.29, 1.82) is 0 Å². The highest BCUT2D eigenvalue weighted by molar-refractivity contribution is 7.80. The first-order valence-electron chi connectivity index (χ1n) is 9.13. The fourth-order valence-electron chi connectivity index (χ4n) is 2.28. The second-order valence-corrected chi connectivity index (χ2v) is 7.02. The molecule has 12 N–H and O–H groups in total. The highest BCUT2D eigenvalue weighted by Gasteiger charge is 2.31. The molecule has 0 aromatic heterocycles. The van der Waals surface area contributed by atoms with Gasteiger partial charge in [0.05, 0.1) is 18.9 Å². The summed E-state index contributed by atoms with van der Waals surface area (Å²) >= 11 is 3.80. The van der Waals surface area contributed by atoms with Crippen molar-refractivity contribution in [2.75, 3.05) is 5.75 Å². The van der Waals surface area contributed by atoms with Crippen LogP contribution < -0.4 is 38.9 Å². The molecular formula is C16H27N7O8S. The smallest absolute Gasteiger partial charge is 0.327 e. The minimum absolute atomic E-state index is 0.268. The molecule has 4 atom stereocenters. The monoisotopic (exact) mass is 477 g/mol. The quantitative estimate of drug-likeness (QED) is 0.102. The topological polar surface area (TPSA) is 280 Å². The number of carboxylic acid groups (broad SMARTS) is 1. The maximum atomic E-state index is 12.6. The molecule has 0 rings (SSSR count). The van der Waals surface area contributed by atoms with Gasteiger partial charge < -0.3 is 44.0 Å². The molecule has 6 amide bonds. The molecule has 0 saturated heterocycles. The molecule has 0 heterocycles. The number of carbonyl (C=O) groups excluding carboxylic acids is 6. The second kappa shape index (κ2) is 13.8. The molecule has 32 heavy (non-hydrogen) atoms. The number of carbonyl (C=O) groups is 7. The predicted octanol–water partition coefficient (Wildman–Crippen LogP) is -5.20. The summed E-state index contributed by atoms with van der Waals surface area (Å²) in [7, 11) is 0. The molecular weight excluding hydrogens is 450 g/mol. The summed E-state index contributed by atoms with van der Waals surface area (Å²) in [6, 6.07) is -5.87. The number of nitrogens with one attached hydrogen (secondary N) is 3. The minimum Gasteiger partial charge on any atom is -0.480 e. The Morgan fingerprint density at radius 2 is 1.19 bits per heavy atom. The number of rotatable bonds is 15. The van der Waals surface area contributed by atoms with E-state index >= 15 is 0 Å². The van der Waals surface area contributed by atoms with Gasteiger partial charge in [0.15, 0.2) is 0 Å². The van der Waals surface area contributed by atoms with Crippen molar-refractivity contribution in [1.82, 2.24) is 16.0 Å². The fourth-order valence-corrected chi connectivity index (χ4v) is 2.53. The Morgan fingerprint density at radius 1 is 0.719 bits per heavy atom. The zero-order valence-corrected chi connectivity index (χ0v) is 17.8. The average molecular weight is 478 g/mol. The maximum Gasteiger partial charge on any atom is 0.327 e. The predicted molar refractivity (Wildman–Crippen MR) is 111 cm³/mol. The summed E-state index contributed by atoms with van der Waals surface area (Å²) in [5.41, 5.74) is 20.6. The van der Waals surface area contributed by atoms with Crippen LogP contribution in [0.15, 0.2) is 0 Å². The molecule has 0 aliphatic carbocycles. The Hall–Kier alpha value is -3.40. The van der Waals surface area contributed by atoms with Gasteiger partial charge in [-0.3, -0.25) is 28.8 Å². The molecule has 0 aromatic rings. The fraction of sp³-hybridized carbons (Fsp3) is 0.562. The lowest BCUT2D eigenvalue weighted by molar-refractivity contribution is -0.142. The van der Waals surface area contributed by atoms with E-state index in [4.69, 9.17) is 28.0 Å². The number of hydrogen-bond acceptors (Lipinski definition) is 9. The lowest BCUT2D eigenvalue weighted by atomic mass is 10.1. The van der Waals surface area contributed by atoms with E-state index in [0.717, 1.165) is 0 Å². The van der Waals surface area contributed by atoms with Crippen LogP contribution in [0.1, 0.15) is 25.7 Å². The molecule has 0 bridgehead atoms. The molecule has 0 aromatic carbocycles. The van der Waals surface area contributed by atoms with Crippen molar-refractivity contribution in [3.8, 4) is 0 Å². The standard InChI is InChI=1S/C16H27N7O8S/c17-6(3-11(19)25)13(27)22-8(4-12(20)26)15(29)21-7(1-2-10(18)24)14(28)23-9(5-32)16(30)31/h6-9,32H,1-5,17H2,(H2,18,24)(H2,19,25)(H2,20,26)(H,21,29)(H,22,27)(H,23,28)(H,30,31). The highest BCUT2D eigenvalue weighted by atomic mass is 32.1. The van der Waals surface area contributed by atoms with Gasteiger partial charge in [0.2, 0.25) is 35.4 Å². The maximum absolute atomic E-state index is 12.6. The average Bonchev–Trinajstić information content (AvgIpc) is 2.66. The Morgan fingerprint density at radius 3 is 1.62 bits per heavy atom. The third kappa shape index (κ3) is 11.1. The van der Waals surface area contributed by atoms with Gasteiger partial charge in [0.25, 0.3) is 0 Å². The second-order valence-electron chi connectivity index (χ2n) is 6.66. The van der Waals surface area contributed by atoms with Crippen LogP contribution >= 0.6 is 12.6 Å². The molecule has 4 unspecified atom stereocenters. The minimum atomic E-state index is -1.59. The molecule has 0 aliphatic rings. The van der Waals surface area contributed by atoms with E-state index in [1.165, 1.54) is 0 Å². The first-order chi connectivity index (χ1) is 14.8. The van der Waals surface area contributed by atoms with Crippen molar-refractivity contribution in [3.63, 3.8) is 0 Å². The van der Waals surface area contributed by atoms with Gasteiger partial charge in [-0.15, -0.1) is 0 Å². The molecule has 180 valence electrons. The lowest BCUT2D eigenvalue weighted by Crippen LogP contribution is -2.58. The van der Waals surface area contributed by atoms with Crippen molar-refractivity contribution in [2.24, 2.45) is 22.9 Å². The van der Waals surface area contributed by atoms with Crippen LogP contribution in [0.3, 0.4) is 0 Å². The van der Waals surface area contributed by atoms with E-state index in [9.17, 15) is 33.6 Å². The molecule has 0 radical (unpaired) electrons. The van der Waals surface area contributed by atoms with Gasteiger partial charge in [-0.1, -0.05) is 0 Å². The summed E-state index contributed by atoms with van der Waals surface area (Å²) in [6.45, 7) is 0. The van der Waals surface area contributed by atoms with Crippen LogP contribution in [-0.2, 0) is 33.6 Å². The molecule has 0 saturated carbocycles. The van der Waals surface area contributed by atoms with Gasteiger partial charge in [-0.25, -0.2) is 4.79 Å². The largest absolute Gasteiger partial charge is 0.480 e. The van der Waals surface area contributed by atoms with E-state index in [2.05, 4.69) is 28.6 Å². The first kappa shape index (κ1) is 28.6. The van der Waals surface area contributed by atoms with Crippen molar-refractivity contribution >= 4 is 54.0 Å². The summed E-state index contributed by atoms with van der Waals surface area (Å²) in [5.74, 6) is -7.38. The van der Waals surface area contributed by atoms with Crippen LogP contribution in [0.25, 0.3) is 0 Å². The first-order valence-corrected chi connectivity index (χ1v) is 9.76. The lowest BCUT2D eigenvalue weighted by Gasteiger charge is -2.24. The van der Waals surface area contributed by atoms with Crippen molar-refractivity contribution in [2.45, 2.75) is 49.9 Å². The molecule has 0 spiro atoms. The van der Waals surface area contributed by atoms with Crippen LogP contribution in [-0.4, -0.2) is 76.4 Å². The number of amides is 6. The van der Waals surface area contributed by atoms with Gasteiger partial charge in [-0.05, 0) is 6.42 Å². The zero-order valence-electron chi connectivity index (χ0n) is 16.9. The van der Waals surface area contributed by atoms with Gasteiger partial charge in [0, 0.05) is 12.2 Å². The number of thiol groups is 1. The number of primary amides is 3. The Bertz CT molecular complexity index is 763. The summed E-state index contributed by atoms with van der Waals surface area (Å²) < 4.78 is 0. The van der Waals surface area contributed by atoms with Crippen molar-refractivity contribution in [3.05, 3.63) is 0 Å². The van der Waals surface area contributed by atoms with Gasteiger partial charge >= 0.3 is 5.97 Å². The van der Waals surface area contributed by atoms with E-state index in [-0.39, 0.29) is 18.6 Å². The summed E-state index contributed by atoms with van der Waals surface area (Å²) in [4.78, 5) is 81.5. The van der Waals surface area contributed by atoms with Crippen molar-refractivity contribution < 1.29 is 38.7 Å². The molecule has 16 heteroatoms. The van der Waals surface area contributed by atoms with E-state index in [1.807, 2.05) is 0 Å². The van der Waals surface area contributed by atoms with E-state index in [0.29, 0.717) is 0 Å². The summed E-state index contributed by atoms with van der Waals surface area (Å²) in [6.07, 6.45) is -1.91. The number of nitrogens with two attached hydrogens (primary N) is 4. The molecule has 0 aliphatic heterocycles. The van der Waals surface area contributed by atoms with Crippen LogP contribution in [0.4, 0.5) is 0 Å². The van der Waals surface area contributed by atoms with Crippen LogP contribution in [0.2, 0.25) is 0 Å². The Labute approximate surface area is 187 Å². The number of carboxylic acids is 1. The zero-order chi connectivity index (χ0) is 25.0. The number of hydrogen-bond donors (Lipinski definition) is 9. The SMILES string of the molecule is NC(=O)CCC(NC(=O)C(CC(N)=O)NC(=O)C(N)CC(N)=O)C(=O)NC(CS)C(=O)O. The molecule has 15 nitrogen and oxygen atoms in total. The third-order valence-electron chi connectivity index (χ3n) is 3.91. The van der Waals surface area contributed by atoms with Crippen LogP contribution in [0, 0.1) is 0 Å². The van der Waals surface area contributed by atoms with Crippen LogP contribution in [0.5, 0.6) is 0 Å². The summed E-state index contributed by atoms with van der Waals surface area (Å²) in [5, 5.41) is 15.5. The molecule has 0 fully saturated rings. The van der Waals surface area contributed by atoms with E-state index in [1.54, 1.807) is 0 Å². The van der Waals surface area contributed by atoms with Gasteiger partial charge in [-0.2, -0.15) is 12.6 Å². The Kier molecular flexibility index (Phi) is 12.3. The highest BCUT2D eigenvalue weighted by Crippen LogP contribution is 2.03.